The van der Waals surface area contributed by atoms with Crippen molar-refractivity contribution in [2.75, 3.05) is 5.32 Å². The molecule has 0 fully saturated rings. The number of nitrogens with one attached hydrogen (secondary N) is 1. The fourth-order valence-corrected chi connectivity index (χ4v) is 1.29. The molecule has 0 aliphatic rings. The van der Waals surface area contributed by atoms with Crippen molar-refractivity contribution in [1.82, 2.24) is 0 Å². The van der Waals surface area contributed by atoms with Crippen molar-refractivity contribution in [3.8, 4) is 6.07 Å². The lowest BCUT2D eigenvalue weighted by Gasteiger charge is -2.16. The number of hydrogen-bond donors (Lipinski definition) is 1. The first-order valence-electron chi connectivity index (χ1n) is 4.91. The fraction of sp³-hybridized carbons (Fsp3) is 0.364. The molecular weight excluding hydrogens is 255 g/mol. The molecule has 0 aliphatic carbocycles. The summed E-state index contributed by atoms with van der Waals surface area (Å²) in [4.78, 5) is 0. The first kappa shape index (κ1) is 14.2. The van der Waals surface area contributed by atoms with Crippen LogP contribution in [0.2, 0.25) is 0 Å². The van der Waals surface area contributed by atoms with Crippen molar-refractivity contribution in [3.63, 3.8) is 0 Å². The van der Waals surface area contributed by atoms with Gasteiger partial charge in [-0.2, -0.15) is 18.4 Å². The van der Waals surface area contributed by atoms with E-state index in [-0.39, 0.29) is 5.69 Å². The zero-order valence-electron chi connectivity index (χ0n) is 9.22. The predicted octanol–water partition coefficient (Wildman–Crippen LogP) is 3.64. The minimum Gasteiger partial charge on any atom is -0.377 e. The molecule has 1 atom stereocenters. The zero-order chi connectivity index (χ0) is 13.9. The summed E-state index contributed by atoms with van der Waals surface area (Å²) in [5, 5.41) is 10.8. The standard InChI is InChI=1S/C11H9F5N2/c1-6(10(12)13)18-8-3-2-7(5-17)9(4-8)11(14,15)16/h2-4,6,10,18H,1H3. The van der Waals surface area contributed by atoms with Crippen molar-refractivity contribution in [1.29, 1.82) is 5.26 Å². The molecule has 18 heavy (non-hydrogen) atoms. The maximum absolute atomic E-state index is 12.6. The summed E-state index contributed by atoms with van der Waals surface area (Å²) in [6, 6.07) is 2.89. The quantitative estimate of drug-likeness (QED) is 0.846. The van der Waals surface area contributed by atoms with Gasteiger partial charge in [0.1, 0.15) is 0 Å². The van der Waals surface area contributed by atoms with E-state index in [0.717, 1.165) is 19.1 Å². The van der Waals surface area contributed by atoms with Crippen molar-refractivity contribution in [2.24, 2.45) is 0 Å². The van der Waals surface area contributed by atoms with Crippen LogP contribution in [0.15, 0.2) is 18.2 Å². The maximum Gasteiger partial charge on any atom is 0.417 e. The van der Waals surface area contributed by atoms with E-state index in [2.05, 4.69) is 5.32 Å². The van der Waals surface area contributed by atoms with Gasteiger partial charge in [-0.25, -0.2) is 8.78 Å². The Bertz CT molecular complexity index is 461. The number of alkyl halides is 5. The third kappa shape index (κ3) is 3.32. The summed E-state index contributed by atoms with van der Waals surface area (Å²) < 4.78 is 62.3. The highest BCUT2D eigenvalue weighted by molar-refractivity contribution is 5.53. The Hall–Kier alpha value is -1.84. The van der Waals surface area contributed by atoms with E-state index in [0.29, 0.717) is 6.07 Å². The van der Waals surface area contributed by atoms with E-state index in [4.69, 9.17) is 5.26 Å². The largest absolute Gasteiger partial charge is 0.417 e. The Morgan fingerprint density at radius 1 is 1.28 bits per heavy atom. The van der Waals surface area contributed by atoms with Gasteiger partial charge in [0.05, 0.1) is 23.2 Å². The van der Waals surface area contributed by atoms with Crippen LogP contribution in [0.5, 0.6) is 0 Å². The molecule has 0 bridgehead atoms. The van der Waals surface area contributed by atoms with Gasteiger partial charge >= 0.3 is 6.18 Å². The lowest BCUT2D eigenvalue weighted by atomic mass is 10.1. The van der Waals surface area contributed by atoms with E-state index in [1.54, 1.807) is 0 Å². The summed E-state index contributed by atoms with van der Waals surface area (Å²) in [7, 11) is 0. The van der Waals surface area contributed by atoms with Gasteiger partial charge in [0.2, 0.25) is 0 Å². The Kier molecular flexibility index (Phi) is 4.11. The zero-order valence-corrected chi connectivity index (χ0v) is 9.22. The fourth-order valence-electron chi connectivity index (χ4n) is 1.29. The summed E-state index contributed by atoms with van der Waals surface area (Å²) in [5.41, 5.74) is -1.79. The molecule has 0 aliphatic heterocycles. The topological polar surface area (TPSA) is 35.8 Å². The van der Waals surface area contributed by atoms with E-state index in [1.165, 1.54) is 6.07 Å². The number of rotatable bonds is 3. The van der Waals surface area contributed by atoms with Crippen LogP contribution < -0.4 is 5.32 Å². The van der Waals surface area contributed by atoms with Gasteiger partial charge in [0.15, 0.2) is 0 Å². The number of nitriles is 1. The molecule has 1 rings (SSSR count). The smallest absolute Gasteiger partial charge is 0.377 e. The molecule has 2 nitrogen and oxygen atoms in total. The summed E-state index contributed by atoms with van der Waals surface area (Å²) in [5.74, 6) is 0. The number of anilines is 1. The normalized spacial score (nSPS) is 13.2. The molecule has 98 valence electrons. The van der Waals surface area contributed by atoms with Gasteiger partial charge in [-0.1, -0.05) is 0 Å². The van der Waals surface area contributed by atoms with Gasteiger partial charge in [-0.3, -0.25) is 0 Å². The van der Waals surface area contributed by atoms with Crippen LogP contribution in [0, 0.1) is 11.3 Å². The van der Waals surface area contributed by atoms with Crippen LogP contribution in [0.3, 0.4) is 0 Å². The van der Waals surface area contributed by atoms with Gasteiger partial charge < -0.3 is 5.32 Å². The van der Waals surface area contributed by atoms with E-state index in [9.17, 15) is 22.0 Å². The number of halogens is 5. The SMILES string of the molecule is CC(Nc1ccc(C#N)c(C(F)(F)F)c1)C(F)F. The second-order valence-electron chi connectivity index (χ2n) is 3.64. The molecule has 0 saturated carbocycles. The van der Waals surface area contributed by atoms with Crippen LogP contribution in [-0.2, 0) is 6.18 Å². The van der Waals surface area contributed by atoms with Crippen molar-refractivity contribution in [3.05, 3.63) is 29.3 Å². The minimum absolute atomic E-state index is 0.103. The van der Waals surface area contributed by atoms with Crippen LogP contribution >= 0.6 is 0 Å². The lowest BCUT2D eigenvalue weighted by molar-refractivity contribution is -0.137. The molecule has 0 amide bonds. The molecule has 1 N–H and O–H groups in total. The molecule has 1 unspecified atom stereocenters. The molecule has 7 heteroatoms. The number of hydrogen-bond acceptors (Lipinski definition) is 2. The highest BCUT2D eigenvalue weighted by atomic mass is 19.4. The monoisotopic (exact) mass is 264 g/mol. The van der Waals surface area contributed by atoms with Gasteiger partial charge in [0, 0.05) is 5.69 Å². The minimum atomic E-state index is -4.70. The third-order valence-electron chi connectivity index (χ3n) is 2.22. The maximum atomic E-state index is 12.6. The molecule has 0 aromatic heterocycles. The van der Waals surface area contributed by atoms with Crippen LogP contribution in [0.25, 0.3) is 0 Å². The Morgan fingerprint density at radius 3 is 2.33 bits per heavy atom. The summed E-state index contributed by atoms with van der Waals surface area (Å²) in [6.07, 6.45) is -7.40. The lowest BCUT2D eigenvalue weighted by Crippen LogP contribution is -2.24. The first-order chi connectivity index (χ1) is 8.25. The molecule has 1 aromatic rings. The van der Waals surface area contributed by atoms with Crippen molar-refractivity contribution >= 4 is 5.69 Å². The molecule has 1 aromatic carbocycles. The van der Waals surface area contributed by atoms with Gasteiger partial charge in [0.25, 0.3) is 6.43 Å². The number of benzene rings is 1. The average Bonchev–Trinajstić information content (AvgIpc) is 2.27. The Labute approximate surface area is 100 Å². The molecule has 0 spiro atoms. The third-order valence-corrected chi connectivity index (χ3v) is 2.22. The summed E-state index contributed by atoms with van der Waals surface area (Å²) >= 11 is 0. The van der Waals surface area contributed by atoms with Crippen LogP contribution in [0.1, 0.15) is 18.1 Å². The van der Waals surface area contributed by atoms with Crippen molar-refractivity contribution < 1.29 is 22.0 Å². The Morgan fingerprint density at radius 2 is 1.89 bits per heavy atom. The molecule has 0 radical (unpaired) electrons. The first-order valence-corrected chi connectivity index (χ1v) is 4.91. The van der Waals surface area contributed by atoms with Gasteiger partial charge in [-0.05, 0) is 25.1 Å². The molecular formula is C11H9F5N2. The Balaban J connectivity index is 3.09. The molecule has 0 heterocycles. The summed E-state index contributed by atoms with van der Waals surface area (Å²) in [6.45, 7) is 1.15. The van der Waals surface area contributed by atoms with E-state index < -0.39 is 29.8 Å². The number of nitrogens with zero attached hydrogens (tertiary/aromatic N) is 1. The second kappa shape index (κ2) is 5.21. The van der Waals surface area contributed by atoms with Gasteiger partial charge in [-0.15, -0.1) is 0 Å². The van der Waals surface area contributed by atoms with Crippen LogP contribution in [0.4, 0.5) is 27.6 Å². The van der Waals surface area contributed by atoms with Crippen molar-refractivity contribution in [2.45, 2.75) is 25.6 Å². The average molecular weight is 264 g/mol. The van der Waals surface area contributed by atoms with E-state index >= 15 is 0 Å². The highest BCUT2D eigenvalue weighted by Gasteiger charge is 2.34. The second-order valence-corrected chi connectivity index (χ2v) is 3.64. The predicted molar refractivity (Wildman–Crippen MR) is 55.2 cm³/mol. The molecule has 0 saturated heterocycles. The van der Waals surface area contributed by atoms with Crippen LogP contribution in [-0.4, -0.2) is 12.5 Å². The highest BCUT2D eigenvalue weighted by Crippen LogP contribution is 2.33. The van der Waals surface area contributed by atoms with E-state index in [1.807, 2.05) is 0 Å².